The topological polar surface area (TPSA) is 48.4 Å². The van der Waals surface area contributed by atoms with Gasteiger partial charge in [-0.1, -0.05) is 0 Å². The number of esters is 1. The van der Waals surface area contributed by atoms with Gasteiger partial charge in [0.1, 0.15) is 15.0 Å². The van der Waals surface area contributed by atoms with Crippen molar-refractivity contribution in [3.8, 4) is 5.75 Å². The van der Waals surface area contributed by atoms with Crippen molar-refractivity contribution in [3.63, 3.8) is 0 Å². The van der Waals surface area contributed by atoms with Gasteiger partial charge >= 0.3 is 12.3 Å². The third-order valence-electron chi connectivity index (χ3n) is 1.77. The van der Waals surface area contributed by atoms with Gasteiger partial charge in [-0.25, -0.2) is 9.78 Å². The van der Waals surface area contributed by atoms with E-state index in [2.05, 4.69) is 14.5 Å². The molecule has 0 atom stereocenters. The minimum absolute atomic E-state index is 0.0498. The zero-order valence-electron chi connectivity index (χ0n) is 9.47. The maximum atomic E-state index is 12.2. The number of halogens is 4. The summed E-state index contributed by atoms with van der Waals surface area (Å²) >= 11 is 1.66. The Bertz CT molecular complexity index is 462. The summed E-state index contributed by atoms with van der Waals surface area (Å²) in [6, 6.07) is 1.04. The van der Waals surface area contributed by atoms with Crippen LogP contribution in [0.25, 0.3) is 0 Å². The molecule has 0 saturated heterocycles. The smallest absolute Gasteiger partial charge is 0.462 e. The summed E-state index contributed by atoms with van der Waals surface area (Å²) in [5, 5.41) is 0. The summed E-state index contributed by atoms with van der Waals surface area (Å²) in [5.74, 6) is -1.49. The largest absolute Gasteiger partial charge is 0.573 e. The molecule has 0 fully saturated rings. The molecule has 0 saturated carbocycles. The first-order valence-corrected chi connectivity index (χ1v) is 5.92. The van der Waals surface area contributed by atoms with Crippen LogP contribution in [0.2, 0.25) is 0 Å². The summed E-state index contributed by atoms with van der Waals surface area (Å²) in [4.78, 5) is 15.5. The first kappa shape index (κ1) is 15.0. The number of carbonyl (C=O) groups is 1. The number of nitrogens with zero attached hydrogens (tertiary/aromatic N) is 1. The first-order chi connectivity index (χ1) is 8.24. The molecule has 0 amide bonds. The molecule has 0 radical (unpaired) electrons. The molecule has 0 aliphatic carbocycles. The van der Waals surface area contributed by atoms with E-state index in [1.807, 2.05) is 0 Å². The lowest BCUT2D eigenvalue weighted by Crippen LogP contribution is -2.21. The molecule has 0 aromatic carbocycles. The highest BCUT2D eigenvalue weighted by atomic mass is 127. The second kappa shape index (κ2) is 5.72. The number of carbonyl (C=O) groups excluding carboxylic acids is 1. The van der Waals surface area contributed by atoms with Gasteiger partial charge < -0.3 is 9.47 Å². The van der Waals surface area contributed by atoms with Gasteiger partial charge in [-0.2, -0.15) is 0 Å². The van der Waals surface area contributed by atoms with Crippen molar-refractivity contribution in [2.75, 3.05) is 6.61 Å². The Balaban J connectivity index is 3.25. The van der Waals surface area contributed by atoms with Crippen molar-refractivity contribution < 1.29 is 27.4 Å². The molecule has 8 heteroatoms. The maximum absolute atomic E-state index is 12.2. The van der Waals surface area contributed by atoms with E-state index in [9.17, 15) is 18.0 Å². The van der Waals surface area contributed by atoms with E-state index < -0.39 is 18.1 Å². The highest BCUT2D eigenvalue weighted by molar-refractivity contribution is 14.1. The van der Waals surface area contributed by atoms with Crippen LogP contribution in [-0.2, 0) is 4.74 Å². The van der Waals surface area contributed by atoms with E-state index in [1.54, 1.807) is 29.5 Å². The molecule has 0 N–H and O–H groups in total. The van der Waals surface area contributed by atoms with Gasteiger partial charge in [0.15, 0.2) is 0 Å². The van der Waals surface area contributed by atoms with Gasteiger partial charge in [0.05, 0.1) is 6.61 Å². The molecule has 4 nitrogen and oxygen atoms in total. The zero-order chi connectivity index (χ0) is 13.9. The van der Waals surface area contributed by atoms with E-state index >= 15 is 0 Å². The van der Waals surface area contributed by atoms with Crippen molar-refractivity contribution >= 4 is 28.6 Å². The lowest BCUT2D eigenvalue weighted by Gasteiger charge is -2.14. The standard InChI is InChI=1S/C10H9F3INO3/c1-3-17-9(16)7-6(18-10(11,12)13)4-5(2)15-8(7)14/h4H,3H2,1-2H3. The van der Waals surface area contributed by atoms with Gasteiger partial charge in [-0.3, -0.25) is 0 Å². The third kappa shape index (κ3) is 4.00. The number of hydrogen-bond donors (Lipinski definition) is 0. The second-order valence-corrected chi connectivity index (χ2v) is 4.22. The fraction of sp³-hybridized carbons (Fsp3) is 0.400. The normalized spacial score (nSPS) is 11.2. The Hall–Kier alpha value is -1.06. The number of alkyl halides is 3. The Morgan fingerprint density at radius 3 is 2.61 bits per heavy atom. The number of aryl methyl sites for hydroxylation is 1. The van der Waals surface area contributed by atoms with Gasteiger partial charge in [0.2, 0.25) is 0 Å². The predicted molar refractivity (Wildman–Crippen MR) is 64.3 cm³/mol. The minimum Gasteiger partial charge on any atom is -0.462 e. The van der Waals surface area contributed by atoms with Crippen LogP contribution in [0.3, 0.4) is 0 Å². The molecular weight excluding hydrogens is 366 g/mol. The van der Waals surface area contributed by atoms with Crippen LogP contribution in [0.15, 0.2) is 6.07 Å². The molecule has 0 aliphatic heterocycles. The Labute approximate surface area is 115 Å². The summed E-state index contributed by atoms with van der Waals surface area (Å²) < 4.78 is 45.3. The molecule has 100 valence electrons. The fourth-order valence-corrected chi connectivity index (χ4v) is 2.07. The first-order valence-electron chi connectivity index (χ1n) is 4.84. The monoisotopic (exact) mass is 375 g/mol. The Kier molecular flexibility index (Phi) is 4.77. The van der Waals surface area contributed by atoms with Crippen LogP contribution >= 0.6 is 22.6 Å². The van der Waals surface area contributed by atoms with Crippen LogP contribution < -0.4 is 4.74 Å². The summed E-state index contributed by atoms with van der Waals surface area (Å²) in [6.07, 6.45) is -4.88. The van der Waals surface area contributed by atoms with Gasteiger partial charge in [0.25, 0.3) is 0 Å². The van der Waals surface area contributed by atoms with E-state index in [0.717, 1.165) is 6.07 Å². The van der Waals surface area contributed by atoms with Crippen molar-refractivity contribution in [1.82, 2.24) is 4.98 Å². The van der Waals surface area contributed by atoms with Gasteiger partial charge in [-0.05, 0) is 36.4 Å². The van der Waals surface area contributed by atoms with E-state index in [1.165, 1.54) is 6.92 Å². The fourth-order valence-electron chi connectivity index (χ4n) is 1.20. The second-order valence-electron chi connectivity index (χ2n) is 3.20. The summed E-state index contributed by atoms with van der Waals surface area (Å²) in [6.45, 7) is 3.10. The van der Waals surface area contributed by atoms with Crippen molar-refractivity contribution in [3.05, 3.63) is 21.0 Å². The van der Waals surface area contributed by atoms with Crippen molar-refractivity contribution in [1.29, 1.82) is 0 Å². The average Bonchev–Trinajstić information content (AvgIpc) is 2.13. The quantitative estimate of drug-likeness (QED) is 0.463. The van der Waals surface area contributed by atoms with E-state index in [-0.39, 0.29) is 15.9 Å². The van der Waals surface area contributed by atoms with Crippen LogP contribution in [0.1, 0.15) is 23.0 Å². The molecule has 0 aliphatic rings. The van der Waals surface area contributed by atoms with Gasteiger partial charge in [0, 0.05) is 11.8 Å². The third-order valence-corrected chi connectivity index (χ3v) is 2.55. The molecule has 1 aromatic rings. The number of pyridine rings is 1. The highest BCUT2D eigenvalue weighted by Gasteiger charge is 2.34. The molecule has 1 heterocycles. The number of ether oxygens (including phenoxy) is 2. The molecule has 18 heavy (non-hydrogen) atoms. The highest BCUT2D eigenvalue weighted by Crippen LogP contribution is 2.30. The van der Waals surface area contributed by atoms with Crippen LogP contribution in [0, 0.1) is 10.6 Å². The zero-order valence-corrected chi connectivity index (χ0v) is 11.6. The summed E-state index contributed by atoms with van der Waals surface area (Å²) in [7, 11) is 0. The van der Waals surface area contributed by atoms with Crippen molar-refractivity contribution in [2.45, 2.75) is 20.2 Å². The molecule has 1 rings (SSSR count). The molecule has 1 aromatic heterocycles. The van der Waals surface area contributed by atoms with Crippen molar-refractivity contribution in [2.24, 2.45) is 0 Å². The lowest BCUT2D eigenvalue weighted by atomic mass is 10.2. The molecule has 0 spiro atoms. The molecule has 0 unspecified atom stereocenters. The predicted octanol–water partition coefficient (Wildman–Crippen LogP) is 3.07. The van der Waals surface area contributed by atoms with E-state index in [4.69, 9.17) is 0 Å². The summed E-state index contributed by atoms with van der Waals surface area (Å²) in [5.41, 5.74) is -0.00734. The SMILES string of the molecule is CCOC(=O)c1c(OC(F)(F)F)cc(C)nc1I. The van der Waals surface area contributed by atoms with Gasteiger partial charge in [-0.15, -0.1) is 13.2 Å². The number of hydrogen-bond acceptors (Lipinski definition) is 4. The Morgan fingerprint density at radius 2 is 2.11 bits per heavy atom. The molecule has 0 bridgehead atoms. The average molecular weight is 375 g/mol. The van der Waals surface area contributed by atoms with Crippen LogP contribution in [0.4, 0.5) is 13.2 Å². The van der Waals surface area contributed by atoms with Crippen LogP contribution in [-0.4, -0.2) is 23.9 Å². The lowest BCUT2D eigenvalue weighted by molar-refractivity contribution is -0.274. The Morgan fingerprint density at radius 1 is 1.50 bits per heavy atom. The molecular formula is C10H9F3INO3. The minimum atomic E-state index is -4.88. The number of rotatable bonds is 3. The number of aromatic nitrogens is 1. The van der Waals surface area contributed by atoms with E-state index in [0.29, 0.717) is 5.69 Å². The van der Waals surface area contributed by atoms with Crippen LogP contribution in [0.5, 0.6) is 5.75 Å². The maximum Gasteiger partial charge on any atom is 0.573 e.